The van der Waals surface area contributed by atoms with E-state index in [4.69, 9.17) is 16.6 Å². The first-order valence-electron chi connectivity index (χ1n) is 8.77. The third-order valence-corrected chi connectivity index (χ3v) is 5.48. The summed E-state index contributed by atoms with van der Waals surface area (Å²) >= 11 is 0. The van der Waals surface area contributed by atoms with Crippen molar-refractivity contribution >= 4 is 21.4 Å². The Labute approximate surface area is 168 Å². The lowest BCUT2D eigenvalue weighted by molar-refractivity contribution is 0.596. The summed E-state index contributed by atoms with van der Waals surface area (Å²) < 4.78 is 25.9. The second-order valence-corrected chi connectivity index (χ2v) is 8.11. The summed E-state index contributed by atoms with van der Waals surface area (Å²) in [6.45, 7) is 0. The highest BCUT2D eigenvalue weighted by Gasteiger charge is 2.20. The predicted molar refractivity (Wildman–Crippen MR) is 115 cm³/mol. The first-order chi connectivity index (χ1) is 13.8. The molecule has 0 fully saturated rings. The lowest BCUT2D eigenvalue weighted by Crippen LogP contribution is -2.16. The van der Waals surface area contributed by atoms with Gasteiger partial charge < -0.3 is 11.5 Å². The molecular formula is C21H19N5O2S. The molecule has 29 heavy (non-hydrogen) atoms. The second-order valence-electron chi connectivity index (χ2n) is 6.58. The lowest BCUT2D eigenvalue weighted by Gasteiger charge is -2.11. The van der Waals surface area contributed by atoms with Crippen LogP contribution in [0.15, 0.2) is 83.8 Å². The highest BCUT2D eigenvalue weighted by Crippen LogP contribution is 2.31. The van der Waals surface area contributed by atoms with Gasteiger partial charge in [0.15, 0.2) is 0 Å². The van der Waals surface area contributed by atoms with E-state index in [1.165, 1.54) is 6.07 Å². The van der Waals surface area contributed by atoms with Crippen LogP contribution in [0.2, 0.25) is 0 Å². The molecule has 0 bridgehead atoms. The number of benzene rings is 3. The Kier molecular flexibility index (Phi) is 4.57. The number of aromatic nitrogens is 2. The van der Waals surface area contributed by atoms with Gasteiger partial charge in [-0.25, -0.2) is 18.2 Å². The maximum Gasteiger partial charge on any atom is 0.240 e. The standard InChI is InChI=1S/C21H19N5O2S/c22-16-9-5-14(6-10-16)18-13-20(15-7-11-17(23)12-8-15)26(25-18)19-3-1-2-4-21(19)29(24,27)28/h1-13H,22-23H2,(H2,24,27,28). The Balaban J connectivity index is 1.98. The Hall–Kier alpha value is -3.62. The van der Waals surface area contributed by atoms with E-state index in [9.17, 15) is 8.42 Å². The summed E-state index contributed by atoms with van der Waals surface area (Å²) in [7, 11) is -3.95. The van der Waals surface area contributed by atoms with E-state index in [1.807, 2.05) is 30.3 Å². The molecule has 0 saturated heterocycles. The van der Waals surface area contributed by atoms with E-state index >= 15 is 0 Å². The maximum absolute atomic E-state index is 12.1. The van der Waals surface area contributed by atoms with Crippen molar-refractivity contribution in [3.05, 3.63) is 78.9 Å². The van der Waals surface area contributed by atoms with Crippen molar-refractivity contribution in [2.75, 3.05) is 11.5 Å². The molecule has 1 aromatic heterocycles. The number of hydrogen-bond donors (Lipinski definition) is 3. The number of primary sulfonamides is 1. The molecular weight excluding hydrogens is 386 g/mol. The molecule has 0 aliphatic carbocycles. The molecule has 8 heteroatoms. The van der Waals surface area contributed by atoms with Crippen molar-refractivity contribution in [2.45, 2.75) is 4.90 Å². The van der Waals surface area contributed by atoms with Crippen LogP contribution in [0.4, 0.5) is 11.4 Å². The van der Waals surface area contributed by atoms with Crippen molar-refractivity contribution in [2.24, 2.45) is 5.14 Å². The number of nitrogen functional groups attached to an aromatic ring is 2. The molecule has 0 saturated carbocycles. The van der Waals surface area contributed by atoms with Gasteiger partial charge in [-0.15, -0.1) is 0 Å². The smallest absolute Gasteiger partial charge is 0.240 e. The summed E-state index contributed by atoms with van der Waals surface area (Å²) in [6.07, 6.45) is 0. The van der Waals surface area contributed by atoms with Crippen LogP contribution >= 0.6 is 0 Å². The topological polar surface area (TPSA) is 130 Å². The maximum atomic E-state index is 12.1. The molecule has 0 spiro atoms. The summed E-state index contributed by atoms with van der Waals surface area (Å²) in [5.74, 6) is 0. The second kappa shape index (κ2) is 7.08. The zero-order chi connectivity index (χ0) is 20.6. The first kappa shape index (κ1) is 18.7. The van der Waals surface area contributed by atoms with E-state index in [1.54, 1.807) is 47.1 Å². The fraction of sp³-hybridized carbons (Fsp3) is 0. The van der Waals surface area contributed by atoms with Crippen LogP contribution in [0.25, 0.3) is 28.2 Å². The van der Waals surface area contributed by atoms with Crippen LogP contribution in [0.5, 0.6) is 0 Å². The molecule has 7 nitrogen and oxygen atoms in total. The van der Waals surface area contributed by atoms with Gasteiger partial charge in [0.2, 0.25) is 10.0 Å². The molecule has 4 aromatic rings. The van der Waals surface area contributed by atoms with Gasteiger partial charge in [0.25, 0.3) is 0 Å². The highest BCUT2D eigenvalue weighted by molar-refractivity contribution is 7.89. The van der Waals surface area contributed by atoms with Gasteiger partial charge in [-0.1, -0.05) is 36.4 Å². The Morgan fingerprint density at radius 2 is 1.31 bits per heavy atom. The van der Waals surface area contributed by atoms with Gasteiger partial charge >= 0.3 is 0 Å². The van der Waals surface area contributed by atoms with Gasteiger partial charge in [-0.05, 0) is 42.5 Å². The number of nitrogens with two attached hydrogens (primary N) is 3. The van der Waals surface area contributed by atoms with Crippen LogP contribution < -0.4 is 16.6 Å². The SMILES string of the molecule is Nc1ccc(-c2cc(-c3ccc(N)cc3)n(-c3ccccc3S(N)(=O)=O)n2)cc1. The third-order valence-electron chi connectivity index (χ3n) is 4.52. The fourth-order valence-corrected chi connectivity index (χ4v) is 3.81. The van der Waals surface area contributed by atoms with Gasteiger partial charge in [0.05, 0.1) is 17.1 Å². The minimum Gasteiger partial charge on any atom is -0.399 e. The van der Waals surface area contributed by atoms with E-state index in [2.05, 4.69) is 5.10 Å². The van der Waals surface area contributed by atoms with E-state index in [0.29, 0.717) is 28.5 Å². The molecule has 0 aliphatic rings. The average Bonchev–Trinajstić information content (AvgIpc) is 3.14. The minimum atomic E-state index is -3.95. The molecule has 1 heterocycles. The van der Waals surface area contributed by atoms with E-state index in [0.717, 1.165) is 11.1 Å². The van der Waals surface area contributed by atoms with Crippen molar-refractivity contribution in [3.63, 3.8) is 0 Å². The zero-order valence-electron chi connectivity index (χ0n) is 15.4. The minimum absolute atomic E-state index is 0.0105. The summed E-state index contributed by atoms with van der Waals surface area (Å²) in [5.41, 5.74) is 16.3. The number of sulfonamides is 1. The summed E-state index contributed by atoms with van der Waals surface area (Å²) in [5, 5.41) is 10.1. The zero-order valence-corrected chi connectivity index (χ0v) is 16.2. The van der Waals surface area contributed by atoms with Crippen molar-refractivity contribution in [3.8, 4) is 28.2 Å². The molecule has 4 rings (SSSR count). The fourth-order valence-electron chi connectivity index (χ4n) is 3.09. The molecule has 146 valence electrons. The molecule has 3 aromatic carbocycles. The van der Waals surface area contributed by atoms with E-state index < -0.39 is 10.0 Å². The van der Waals surface area contributed by atoms with Crippen LogP contribution in [-0.4, -0.2) is 18.2 Å². The first-order valence-corrected chi connectivity index (χ1v) is 10.3. The monoisotopic (exact) mass is 405 g/mol. The quantitative estimate of drug-likeness (QED) is 0.449. The molecule has 0 amide bonds. The third kappa shape index (κ3) is 3.71. The van der Waals surface area contributed by atoms with Crippen molar-refractivity contribution < 1.29 is 8.42 Å². The van der Waals surface area contributed by atoms with Gasteiger partial charge in [0.1, 0.15) is 4.90 Å². The molecule has 0 atom stereocenters. The number of para-hydroxylation sites is 1. The predicted octanol–water partition coefficient (Wildman–Crippen LogP) is 3.02. The van der Waals surface area contributed by atoms with Crippen LogP contribution in [0.1, 0.15) is 0 Å². The summed E-state index contributed by atoms with van der Waals surface area (Å²) in [6, 6.07) is 22.9. The Morgan fingerprint density at radius 3 is 1.90 bits per heavy atom. The molecule has 0 aliphatic heterocycles. The van der Waals surface area contributed by atoms with E-state index in [-0.39, 0.29) is 4.90 Å². The Morgan fingerprint density at radius 1 is 0.759 bits per heavy atom. The normalized spacial score (nSPS) is 11.5. The largest absolute Gasteiger partial charge is 0.399 e. The lowest BCUT2D eigenvalue weighted by atomic mass is 10.1. The van der Waals surface area contributed by atoms with Gasteiger partial charge in [-0.3, -0.25) is 0 Å². The number of nitrogens with zero attached hydrogens (tertiary/aromatic N) is 2. The average molecular weight is 405 g/mol. The van der Waals surface area contributed by atoms with Crippen LogP contribution in [-0.2, 0) is 10.0 Å². The van der Waals surface area contributed by atoms with Gasteiger partial charge in [0, 0.05) is 22.5 Å². The highest BCUT2D eigenvalue weighted by atomic mass is 32.2. The van der Waals surface area contributed by atoms with Crippen LogP contribution in [0.3, 0.4) is 0 Å². The number of anilines is 2. The van der Waals surface area contributed by atoms with Crippen molar-refractivity contribution in [1.82, 2.24) is 9.78 Å². The number of rotatable bonds is 4. The summed E-state index contributed by atoms with van der Waals surface area (Å²) in [4.78, 5) is -0.0105. The van der Waals surface area contributed by atoms with Crippen molar-refractivity contribution in [1.29, 1.82) is 0 Å². The molecule has 0 radical (unpaired) electrons. The molecule has 0 unspecified atom stereocenters. The Bertz CT molecular complexity index is 1280. The van der Waals surface area contributed by atoms with Crippen LogP contribution in [0, 0.1) is 0 Å². The van der Waals surface area contributed by atoms with Gasteiger partial charge in [-0.2, -0.15) is 5.10 Å². The number of hydrogen-bond acceptors (Lipinski definition) is 5. The molecule has 6 N–H and O–H groups in total.